The highest BCUT2D eigenvalue weighted by Crippen LogP contribution is 2.19. The van der Waals surface area contributed by atoms with Crippen LogP contribution in [-0.2, 0) is 0 Å². The van der Waals surface area contributed by atoms with Crippen molar-refractivity contribution in [2.75, 3.05) is 6.54 Å². The van der Waals surface area contributed by atoms with E-state index in [1.807, 2.05) is 12.1 Å². The zero-order valence-electron chi connectivity index (χ0n) is 8.01. The molecule has 3 heteroatoms. The zero-order valence-corrected chi connectivity index (χ0v) is 8.01. The highest BCUT2D eigenvalue weighted by molar-refractivity contribution is 5.12. The van der Waals surface area contributed by atoms with Gasteiger partial charge >= 0.3 is 0 Å². The molecule has 1 fully saturated rings. The van der Waals surface area contributed by atoms with E-state index in [9.17, 15) is 0 Å². The number of nitrogens with zero attached hydrogens (tertiary/aromatic N) is 2. The van der Waals surface area contributed by atoms with Crippen LogP contribution in [0.3, 0.4) is 0 Å². The molecule has 0 saturated heterocycles. The van der Waals surface area contributed by atoms with Crippen LogP contribution in [0.1, 0.15) is 32.6 Å². The maximum Gasteiger partial charge on any atom is 0.153 e. The number of rotatable bonds is 3. The van der Waals surface area contributed by atoms with Gasteiger partial charge in [0.1, 0.15) is 0 Å². The van der Waals surface area contributed by atoms with Crippen molar-refractivity contribution in [3.8, 4) is 12.1 Å². The van der Waals surface area contributed by atoms with Gasteiger partial charge < -0.3 is 5.32 Å². The van der Waals surface area contributed by atoms with Crippen LogP contribution in [0.4, 0.5) is 0 Å². The molecule has 0 radical (unpaired) electrons. The second kappa shape index (κ2) is 4.25. The quantitative estimate of drug-likeness (QED) is 0.711. The Hall–Kier alpha value is -1.06. The Morgan fingerprint density at radius 3 is 2.31 bits per heavy atom. The summed E-state index contributed by atoms with van der Waals surface area (Å²) in [5.41, 5.74) is -0.859. The summed E-state index contributed by atoms with van der Waals surface area (Å²) in [5, 5.41) is 20.8. The lowest BCUT2D eigenvalue weighted by molar-refractivity contribution is 0.443. The van der Waals surface area contributed by atoms with Crippen molar-refractivity contribution in [2.45, 2.75) is 38.6 Å². The van der Waals surface area contributed by atoms with Crippen molar-refractivity contribution in [3.05, 3.63) is 0 Å². The molecule has 1 saturated carbocycles. The molecule has 1 aliphatic rings. The molecule has 70 valence electrons. The van der Waals surface area contributed by atoms with Crippen molar-refractivity contribution in [2.24, 2.45) is 5.41 Å². The summed E-state index contributed by atoms with van der Waals surface area (Å²) in [6, 6.07) is 4.59. The second-order valence-electron chi connectivity index (χ2n) is 3.92. The van der Waals surface area contributed by atoms with Gasteiger partial charge in [-0.25, -0.2) is 0 Å². The molecule has 0 aliphatic heterocycles. The molecule has 0 aromatic rings. The fourth-order valence-corrected chi connectivity index (χ4v) is 1.58. The predicted octanol–water partition coefficient (Wildman–Crippen LogP) is 1.57. The van der Waals surface area contributed by atoms with Gasteiger partial charge in [0, 0.05) is 12.6 Å². The van der Waals surface area contributed by atoms with Crippen LogP contribution in [-0.4, -0.2) is 12.6 Å². The number of hydrogen-bond donors (Lipinski definition) is 1. The van der Waals surface area contributed by atoms with Gasteiger partial charge in [-0.1, -0.05) is 12.8 Å². The van der Waals surface area contributed by atoms with Crippen LogP contribution in [0.15, 0.2) is 0 Å². The molecular formula is C10H15N3. The first kappa shape index (κ1) is 10.0. The first-order chi connectivity index (χ1) is 6.20. The van der Waals surface area contributed by atoms with Crippen molar-refractivity contribution in [1.82, 2.24) is 5.32 Å². The SMILES string of the molecule is CC(C#N)(C#N)CNC1CCCC1. The van der Waals surface area contributed by atoms with Crippen molar-refractivity contribution in [1.29, 1.82) is 10.5 Å². The van der Waals surface area contributed by atoms with Crippen LogP contribution in [0.5, 0.6) is 0 Å². The Morgan fingerprint density at radius 2 is 1.85 bits per heavy atom. The summed E-state index contributed by atoms with van der Waals surface area (Å²) in [5.74, 6) is 0. The van der Waals surface area contributed by atoms with Gasteiger partial charge in [0.05, 0.1) is 12.1 Å². The minimum absolute atomic E-state index is 0.491. The fraction of sp³-hybridized carbons (Fsp3) is 0.800. The molecule has 0 bridgehead atoms. The summed E-state index contributed by atoms with van der Waals surface area (Å²) in [6.07, 6.45) is 4.92. The van der Waals surface area contributed by atoms with E-state index in [0.717, 1.165) is 0 Å². The van der Waals surface area contributed by atoms with Gasteiger partial charge in [0.2, 0.25) is 0 Å². The molecule has 0 amide bonds. The highest BCUT2D eigenvalue weighted by atomic mass is 14.9. The standard InChI is InChI=1S/C10H15N3/c1-10(6-11,7-12)8-13-9-4-2-3-5-9/h9,13H,2-5,8H2,1H3. The number of hydrogen-bond acceptors (Lipinski definition) is 3. The summed E-state index contributed by atoms with van der Waals surface area (Å²) < 4.78 is 0. The molecule has 3 nitrogen and oxygen atoms in total. The van der Waals surface area contributed by atoms with Crippen LogP contribution in [0, 0.1) is 28.1 Å². The van der Waals surface area contributed by atoms with Crippen molar-refractivity contribution < 1.29 is 0 Å². The Balaban J connectivity index is 2.33. The molecule has 0 atom stereocenters. The smallest absolute Gasteiger partial charge is 0.153 e. The largest absolute Gasteiger partial charge is 0.311 e. The molecule has 13 heavy (non-hydrogen) atoms. The average molecular weight is 177 g/mol. The topological polar surface area (TPSA) is 59.6 Å². The minimum atomic E-state index is -0.859. The predicted molar refractivity (Wildman–Crippen MR) is 49.6 cm³/mol. The van der Waals surface area contributed by atoms with Crippen molar-refractivity contribution in [3.63, 3.8) is 0 Å². The number of nitriles is 2. The molecule has 0 aromatic heterocycles. The van der Waals surface area contributed by atoms with Crippen LogP contribution >= 0.6 is 0 Å². The molecule has 0 spiro atoms. The lowest BCUT2D eigenvalue weighted by atomic mass is 9.94. The summed E-state index contributed by atoms with van der Waals surface area (Å²) in [6.45, 7) is 2.17. The van der Waals surface area contributed by atoms with Crippen LogP contribution in [0.25, 0.3) is 0 Å². The van der Waals surface area contributed by atoms with E-state index in [-0.39, 0.29) is 0 Å². The third-order valence-corrected chi connectivity index (χ3v) is 2.59. The molecule has 0 aromatic carbocycles. The van der Waals surface area contributed by atoms with Crippen LogP contribution in [0.2, 0.25) is 0 Å². The van der Waals surface area contributed by atoms with Crippen molar-refractivity contribution >= 4 is 0 Å². The van der Waals surface area contributed by atoms with Gasteiger partial charge in [-0.05, 0) is 19.8 Å². The summed E-state index contributed by atoms with van der Waals surface area (Å²) in [7, 11) is 0. The van der Waals surface area contributed by atoms with Gasteiger partial charge in [0.15, 0.2) is 5.41 Å². The van der Waals surface area contributed by atoms with E-state index in [4.69, 9.17) is 10.5 Å². The van der Waals surface area contributed by atoms with E-state index in [2.05, 4.69) is 5.32 Å². The summed E-state index contributed by atoms with van der Waals surface area (Å²) in [4.78, 5) is 0. The third-order valence-electron chi connectivity index (χ3n) is 2.59. The Bertz CT molecular complexity index is 226. The highest BCUT2D eigenvalue weighted by Gasteiger charge is 2.25. The molecule has 0 heterocycles. The maximum atomic E-state index is 8.75. The van der Waals surface area contributed by atoms with E-state index in [1.54, 1.807) is 6.92 Å². The molecule has 1 rings (SSSR count). The monoisotopic (exact) mass is 177 g/mol. The van der Waals surface area contributed by atoms with E-state index in [0.29, 0.717) is 12.6 Å². The fourth-order valence-electron chi connectivity index (χ4n) is 1.58. The maximum absolute atomic E-state index is 8.75. The Kier molecular flexibility index (Phi) is 3.28. The normalized spacial score (nSPS) is 18.1. The first-order valence-electron chi connectivity index (χ1n) is 4.76. The lowest BCUT2D eigenvalue weighted by Gasteiger charge is -2.17. The van der Waals surface area contributed by atoms with Gasteiger partial charge in [0.25, 0.3) is 0 Å². The third kappa shape index (κ3) is 2.72. The van der Waals surface area contributed by atoms with Gasteiger partial charge in [-0.3, -0.25) is 0 Å². The molecule has 1 N–H and O–H groups in total. The minimum Gasteiger partial charge on any atom is -0.311 e. The second-order valence-corrected chi connectivity index (χ2v) is 3.92. The number of nitrogens with one attached hydrogen (secondary N) is 1. The summed E-state index contributed by atoms with van der Waals surface area (Å²) >= 11 is 0. The van der Waals surface area contributed by atoms with E-state index in [1.165, 1.54) is 25.7 Å². The average Bonchev–Trinajstić information content (AvgIpc) is 2.67. The van der Waals surface area contributed by atoms with Crippen LogP contribution < -0.4 is 5.32 Å². The van der Waals surface area contributed by atoms with Gasteiger partial charge in [-0.2, -0.15) is 10.5 Å². The molecular weight excluding hydrogens is 162 g/mol. The Morgan fingerprint density at radius 1 is 1.31 bits per heavy atom. The van der Waals surface area contributed by atoms with E-state index < -0.39 is 5.41 Å². The first-order valence-corrected chi connectivity index (χ1v) is 4.76. The lowest BCUT2D eigenvalue weighted by Crippen LogP contribution is -2.35. The molecule has 0 unspecified atom stereocenters. The van der Waals surface area contributed by atoms with E-state index >= 15 is 0 Å². The van der Waals surface area contributed by atoms with Gasteiger partial charge in [-0.15, -0.1) is 0 Å². The Labute approximate surface area is 79.4 Å². The zero-order chi connectivity index (χ0) is 9.73. The molecule has 1 aliphatic carbocycles.